The first-order valence-electron chi connectivity index (χ1n) is 5.35. The van der Waals surface area contributed by atoms with Crippen molar-refractivity contribution in [2.75, 3.05) is 0 Å². The molecule has 0 heterocycles. The van der Waals surface area contributed by atoms with Crippen LogP contribution in [0.25, 0.3) is 0 Å². The Morgan fingerprint density at radius 2 is 1.87 bits per heavy atom. The molecule has 1 saturated carbocycles. The number of hydrogen-bond acceptors (Lipinski definition) is 0. The fourth-order valence-corrected chi connectivity index (χ4v) is 3.07. The molecule has 1 aromatic rings. The second-order valence-electron chi connectivity index (χ2n) is 4.97. The molecule has 1 unspecified atom stereocenters. The van der Waals surface area contributed by atoms with E-state index in [2.05, 4.69) is 48.8 Å². The highest BCUT2D eigenvalue weighted by Crippen LogP contribution is 2.58. The third kappa shape index (κ3) is 2.09. The normalized spacial score (nSPS) is 20.1. The molecule has 0 nitrogen and oxygen atoms in total. The van der Waals surface area contributed by atoms with Gasteiger partial charge in [-0.15, -0.1) is 0 Å². The second-order valence-corrected chi connectivity index (χ2v) is 6.30. The van der Waals surface area contributed by atoms with E-state index in [4.69, 9.17) is 11.6 Å². The van der Waals surface area contributed by atoms with Crippen molar-refractivity contribution in [3.8, 4) is 0 Å². The van der Waals surface area contributed by atoms with Crippen LogP contribution >= 0.6 is 27.5 Å². The topological polar surface area (TPSA) is 0 Å². The third-order valence-electron chi connectivity index (χ3n) is 3.47. The molecule has 0 bridgehead atoms. The minimum absolute atomic E-state index is 0.463. The highest BCUT2D eigenvalue weighted by molar-refractivity contribution is 9.09. The minimum atomic E-state index is 0.463. The van der Waals surface area contributed by atoms with E-state index in [9.17, 15) is 0 Å². The van der Waals surface area contributed by atoms with Gasteiger partial charge in [0, 0.05) is 9.85 Å². The van der Waals surface area contributed by atoms with Crippen LogP contribution in [0.1, 0.15) is 41.3 Å². The molecule has 0 aromatic heterocycles. The highest BCUT2D eigenvalue weighted by Gasteiger charge is 2.44. The van der Waals surface area contributed by atoms with Gasteiger partial charge in [-0.05, 0) is 54.9 Å². The van der Waals surface area contributed by atoms with E-state index in [0.29, 0.717) is 10.2 Å². The summed E-state index contributed by atoms with van der Waals surface area (Å²) in [5, 5.41) is 0.872. The molecule has 1 aromatic carbocycles. The summed E-state index contributed by atoms with van der Waals surface area (Å²) in [6.45, 7) is 6.55. The number of hydrogen-bond donors (Lipinski definition) is 0. The van der Waals surface area contributed by atoms with Gasteiger partial charge in [0.05, 0.1) is 0 Å². The average molecular weight is 288 g/mol. The molecular weight excluding hydrogens is 272 g/mol. The zero-order valence-electron chi connectivity index (χ0n) is 9.40. The molecule has 1 atom stereocenters. The maximum atomic E-state index is 6.11. The van der Waals surface area contributed by atoms with Crippen molar-refractivity contribution in [2.45, 2.75) is 38.4 Å². The molecular formula is C13H16BrCl. The number of aryl methyl sites for hydroxylation is 2. The first-order chi connectivity index (χ1) is 6.94. The Bertz CT molecular complexity index is 394. The van der Waals surface area contributed by atoms with E-state index in [0.717, 1.165) is 5.02 Å². The summed E-state index contributed by atoms with van der Waals surface area (Å²) in [6.07, 6.45) is 2.65. The monoisotopic (exact) mass is 286 g/mol. The Morgan fingerprint density at radius 1 is 1.27 bits per heavy atom. The Hall–Kier alpha value is -0.0100. The van der Waals surface area contributed by atoms with Crippen LogP contribution in [-0.2, 0) is 0 Å². The van der Waals surface area contributed by atoms with Crippen LogP contribution in [0.15, 0.2) is 12.1 Å². The first-order valence-corrected chi connectivity index (χ1v) is 6.64. The summed E-state index contributed by atoms with van der Waals surface area (Å²) in [7, 11) is 0. The van der Waals surface area contributed by atoms with Gasteiger partial charge in [-0.2, -0.15) is 0 Å². The van der Waals surface area contributed by atoms with Crippen LogP contribution in [0.3, 0.4) is 0 Å². The number of benzene rings is 1. The van der Waals surface area contributed by atoms with Gasteiger partial charge in [0.15, 0.2) is 0 Å². The molecule has 2 heteroatoms. The Balaban J connectivity index is 2.39. The number of alkyl halides is 1. The maximum Gasteiger partial charge on any atom is 0.0451 e. The molecule has 1 aliphatic carbocycles. The Morgan fingerprint density at radius 3 is 2.40 bits per heavy atom. The highest BCUT2D eigenvalue weighted by atomic mass is 79.9. The molecule has 0 amide bonds. The van der Waals surface area contributed by atoms with Gasteiger partial charge in [0.2, 0.25) is 0 Å². The summed E-state index contributed by atoms with van der Waals surface area (Å²) in [4.78, 5) is 0.473. The van der Waals surface area contributed by atoms with Crippen molar-refractivity contribution in [1.82, 2.24) is 0 Å². The first kappa shape index (κ1) is 11.5. The standard InChI is InChI=1S/C13H16BrCl/c1-8-7-11(15)9(2)6-10(8)12(14)13(3)4-5-13/h6-7,12H,4-5H2,1-3H3. The largest absolute Gasteiger partial charge is 0.0840 e. The third-order valence-corrected chi connectivity index (χ3v) is 5.48. The Labute approximate surface area is 105 Å². The SMILES string of the molecule is Cc1cc(C(Br)C2(C)CC2)c(C)cc1Cl. The molecule has 0 radical (unpaired) electrons. The molecule has 0 saturated heterocycles. The lowest BCUT2D eigenvalue weighted by molar-refractivity contribution is 0.563. The van der Waals surface area contributed by atoms with Gasteiger partial charge in [-0.1, -0.05) is 40.5 Å². The van der Waals surface area contributed by atoms with E-state index in [-0.39, 0.29) is 0 Å². The van der Waals surface area contributed by atoms with E-state index in [1.54, 1.807) is 0 Å². The summed E-state index contributed by atoms with van der Waals surface area (Å²) in [6, 6.07) is 4.30. The van der Waals surface area contributed by atoms with Crippen molar-refractivity contribution in [3.63, 3.8) is 0 Å². The van der Waals surface area contributed by atoms with Gasteiger partial charge >= 0.3 is 0 Å². The van der Waals surface area contributed by atoms with Crippen LogP contribution < -0.4 is 0 Å². The van der Waals surface area contributed by atoms with Crippen molar-refractivity contribution < 1.29 is 0 Å². The van der Waals surface area contributed by atoms with Crippen molar-refractivity contribution >= 4 is 27.5 Å². The van der Waals surface area contributed by atoms with E-state index in [1.165, 1.54) is 29.5 Å². The van der Waals surface area contributed by atoms with Crippen molar-refractivity contribution in [2.24, 2.45) is 5.41 Å². The summed E-state index contributed by atoms with van der Waals surface area (Å²) < 4.78 is 0. The lowest BCUT2D eigenvalue weighted by atomic mass is 9.94. The van der Waals surface area contributed by atoms with Crippen molar-refractivity contribution in [1.29, 1.82) is 0 Å². The molecule has 15 heavy (non-hydrogen) atoms. The molecule has 0 N–H and O–H groups in total. The molecule has 0 aliphatic heterocycles. The van der Waals surface area contributed by atoms with Crippen LogP contribution in [0, 0.1) is 19.3 Å². The van der Waals surface area contributed by atoms with E-state index < -0.39 is 0 Å². The average Bonchev–Trinajstić information content (AvgIpc) is 2.90. The van der Waals surface area contributed by atoms with Gasteiger partial charge in [0.1, 0.15) is 0 Å². The quantitative estimate of drug-likeness (QED) is 0.656. The number of rotatable bonds is 2. The summed E-state index contributed by atoms with van der Waals surface area (Å²) in [5.41, 5.74) is 4.33. The second kappa shape index (κ2) is 3.78. The van der Waals surface area contributed by atoms with Crippen LogP contribution in [0.5, 0.6) is 0 Å². The summed E-state index contributed by atoms with van der Waals surface area (Å²) in [5.74, 6) is 0. The van der Waals surface area contributed by atoms with Gasteiger partial charge in [-0.3, -0.25) is 0 Å². The van der Waals surface area contributed by atoms with Gasteiger partial charge < -0.3 is 0 Å². The molecule has 2 rings (SSSR count). The molecule has 0 spiro atoms. The molecule has 1 fully saturated rings. The van der Waals surface area contributed by atoms with E-state index in [1.807, 2.05) is 0 Å². The lowest BCUT2D eigenvalue weighted by Gasteiger charge is -2.20. The predicted octanol–water partition coefficient (Wildman–Crippen LogP) is 5.19. The van der Waals surface area contributed by atoms with Crippen LogP contribution in [-0.4, -0.2) is 0 Å². The Kier molecular flexibility index (Phi) is 2.89. The maximum absolute atomic E-state index is 6.11. The molecule has 82 valence electrons. The fourth-order valence-electron chi connectivity index (χ4n) is 1.90. The van der Waals surface area contributed by atoms with Crippen molar-refractivity contribution in [3.05, 3.63) is 33.8 Å². The fraction of sp³-hybridized carbons (Fsp3) is 0.538. The minimum Gasteiger partial charge on any atom is -0.0840 e. The van der Waals surface area contributed by atoms with Crippen LogP contribution in [0.2, 0.25) is 5.02 Å². The van der Waals surface area contributed by atoms with Gasteiger partial charge in [-0.25, -0.2) is 0 Å². The summed E-state index contributed by atoms with van der Waals surface area (Å²) >= 11 is 9.94. The predicted molar refractivity (Wildman–Crippen MR) is 69.9 cm³/mol. The zero-order chi connectivity index (χ0) is 11.2. The smallest absolute Gasteiger partial charge is 0.0451 e. The number of halogens is 2. The van der Waals surface area contributed by atoms with E-state index >= 15 is 0 Å². The molecule has 1 aliphatic rings. The van der Waals surface area contributed by atoms with Gasteiger partial charge in [0.25, 0.3) is 0 Å². The zero-order valence-corrected chi connectivity index (χ0v) is 11.7. The van der Waals surface area contributed by atoms with Crippen LogP contribution in [0.4, 0.5) is 0 Å². The lowest BCUT2D eigenvalue weighted by Crippen LogP contribution is -2.05.